The zero-order chi connectivity index (χ0) is 29.2. The molecule has 4 unspecified atom stereocenters. The highest BCUT2D eigenvalue weighted by Crippen LogP contribution is 2.44. The molecule has 5 fully saturated rings. The van der Waals surface area contributed by atoms with Gasteiger partial charge >= 0.3 is 0 Å². The van der Waals surface area contributed by atoms with Crippen LogP contribution in [0.1, 0.15) is 45.4 Å². The molecule has 11 nitrogen and oxygen atoms in total. The third kappa shape index (κ3) is 7.66. The normalized spacial score (nSPS) is 40.3. The van der Waals surface area contributed by atoms with Crippen LogP contribution in [0.2, 0.25) is 0 Å². The number of aliphatic hydroxyl groups excluding tert-OH is 3. The van der Waals surface area contributed by atoms with Gasteiger partial charge in [0, 0.05) is 66.4 Å². The Kier molecular flexibility index (Phi) is 11.8. The number of likely N-dealkylation sites (tertiary alicyclic amines) is 2. The molecule has 4 N–H and O–H groups in total. The van der Waals surface area contributed by atoms with Crippen molar-refractivity contribution in [1.82, 2.24) is 15.1 Å². The van der Waals surface area contributed by atoms with Crippen molar-refractivity contribution >= 4 is 74.1 Å². The molecule has 1 saturated carbocycles. The first-order valence-corrected chi connectivity index (χ1v) is 21.4. The summed E-state index contributed by atoms with van der Waals surface area (Å²) in [4.78, 5) is 13.8. The summed E-state index contributed by atoms with van der Waals surface area (Å²) in [6.07, 6.45) is 4.60. The topological polar surface area (TPSA) is 132 Å². The second kappa shape index (κ2) is 15.1. The maximum atomic E-state index is 10.4. The lowest BCUT2D eigenvalue weighted by molar-refractivity contribution is -0.161. The van der Waals surface area contributed by atoms with E-state index in [1.54, 1.807) is 33.3 Å². The maximum Gasteiger partial charge on any atom is 0.170 e. The van der Waals surface area contributed by atoms with Crippen LogP contribution >= 0.6 is 63.8 Å². The van der Waals surface area contributed by atoms with E-state index in [1.165, 1.54) is 41.3 Å². The number of nitrogens with one attached hydrogen (secondary N) is 1. The highest BCUT2D eigenvalue weighted by Gasteiger charge is 2.48. The van der Waals surface area contributed by atoms with Gasteiger partial charge in [0.1, 0.15) is 41.3 Å². The number of fused-ring (bicyclic) bond motifs is 2. The molecule has 16 heteroatoms. The Morgan fingerprint density at radius 1 is 1.00 bits per heavy atom. The summed E-state index contributed by atoms with van der Waals surface area (Å²) in [5.41, 5.74) is -0.233. The van der Waals surface area contributed by atoms with E-state index in [1.807, 2.05) is 21.2 Å². The monoisotopic (exact) mass is 775 g/mol. The largest absolute Gasteiger partial charge is 0.391 e. The minimum Gasteiger partial charge on any atom is -0.391 e. The minimum absolute atomic E-state index is 0.0136. The SMILES string of the molecule is CC1CN(C2=N[C@@H]3C(O)[C@H](O)C(COSI)O[C@@H]3SS2)C1.OC1CC(CNC2CCCC2)O[C@@H]2SC(N3CCC3)=N[C@H]12. The second-order valence-corrected chi connectivity index (χ2v) is 16.9. The van der Waals surface area contributed by atoms with Crippen LogP contribution in [-0.2, 0) is 13.7 Å². The third-order valence-corrected chi connectivity index (χ3v) is 13.5. The number of ether oxygens (including phenoxy) is 2. The van der Waals surface area contributed by atoms with Gasteiger partial charge in [-0.1, -0.05) is 42.3 Å². The Hall–Kier alpha value is 0.790. The molecule has 0 aromatic carbocycles. The first-order chi connectivity index (χ1) is 20.4. The fraction of sp³-hybridized carbons (Fsp3) is 0.923. The van der Waals surface area contributed by atoms with Crippen molar-refractivity contribution < 1.29 is 29.0 Å². The first-order valence-electron chi connectivity index (χ1n) is 15.0. The number of thioether (sulfide) groups is 1. The maximum absolute atomic E-state index is 10.4. The number of amidine groups is 2. The molecule has 6 heterocycles. The van der Waals surface area contributed by atoms with Crippen molar-refractivity contribution in [3.63, 3.8) is 0 Å². The number of aliphatic hydroxyl groups is 3. The summed E-state index contributed by atoms with van der Waals surface area (Å²) in [5.74, 6) is 0.696. The van der Waals surface area contributed by atoms with Crippen LogP contribution in [0.3, 0.4) is 0 Å². The molecule has 0 amide bonds. The molecule has 4 saturated heterocycles. The summed E-state index contributed by atoms with van der Waals surface area (Å²) in [7, 11) is 4.35. The molecule has 0 aromatic heterocycles. The zero-order valence-electron chi connectivity index (χ0n) is 23.7. The zero-order valence-corrected chi connectivity index (χ0v) is 29.1. The molecule has 0 spiro atoms. The third-order valence-electron chi connectivity index (χ3n) is 8.86. The number of hydrogen-bond donors (Lipinski definition) is 4. The Morgan fingerprint density at radius 3 is 2.45 bits per heavy atom. The van der Waals surface area contributed by atoms with Gasteiger partial charge in [-0.2, -0.15) is 0 Å². The van der Waals surface area contributed by atoms with Crippen LogP contribution in [0.4, 0.5) is 0 Å². The molecule has 7 aliphatic rings. The van der Waals surface area contributed by atoms with Crippen molar-refractivity contribution in [2.45, 2.75) is 105 Å². The van der Waals surface area contributed by atoms with Gasteiger partial charge in [-0.25, -0.2) is 0 Å². The molecule has 6 aliphatic heterocycles. The quantitative estimate of drug-likeness (QED) is 0.180. The molecule has 7 rings (SSSR count). The Balaban J connectivity index is 0.000000150. The smallest absolute Gasteiger partial charge is 0.170 e. The van der Waals surface area contributed by atoms with Gasteiger partial charge in [0.15, 0.2) is 10.3 Å². The number of rotatable bonds is 6. The fourth-order valence-corrected chi connectivity index (χ4v) is 10.8. The van der Waals surface area contributed by atoms with E-state index < -0.39 is 24.4 Å². The van der Waals surface area contributed by atoms with Crippen LogP contribution in [0.5, 0.6) is 0 Å². The van der Waals surface area contributed by atoms with Gasteiger partial charge in [0.2, 0.25) is 0 Å². The molecule has 9 atom stereocenters. The molecule has 0 radical (unpaired) electrons. The summed E-state index contributed by atoms with van der Waals surface area (Å²) >= 11 is 3.72. The van der Waals surface area contributed by atoms with Crippen LogP contribution in [0, 0.1) is 5.92 Å². The van der Waals surface area contributed by atoms with E-state index in [0.717, 1.165) is 43.1 Å². The summed E-state index contributed by atoms with van der Waals surface area (Å²) < 4.78 is 17.2. The molecule has 0 bridgehead atoms. The van der Waals surface area contributed by atoms with Crippen LogP contribution < -0.4 is 5.32 Å². The van der Waals surface area contributed by atoms with Gasteiger partial charge in [-0.15, -0.1) is 0 Å². The van der Waals surface area contributed by atoms with Gasteiger partial charge < -0.3 is 44.1 Å². The first kappa shape index (κ1) is 32.7. The van der Waals surface area contributed by atoms with E-state index in [0.29, 0.717) is 18.4 Å². The predicted octanol–water partition coefficient (Wildman–Crippen LogP) is 2.69. The number of hydrogen-bond acceptors (Lipinski definition) is 15. The number of nitrogens with zero attached hydrogens (tertiary/aromatic N) is 4. The standard InChI is InChI=1S/C15H25N3O2S.C11H17IN2O4S3/c19-12-8-11(9-16-10-4-1-2-5-10)20-14-13(12)17-15(21-14)18-6-3-7-18;1-5-2-14(3-5)11-13-7-9(16)8(15)6(4-17-21-12)18-10(7)19-20-11/h10-14,16,19H,1-9H2;5-10,15-16H,2-4H2,1H3/t11?,12?,13-,14-;6?,7-,8-,9?,10-/m11/s1. The molecular weight excluding hydrogens is 733 g/mol. The summed E-state index contributed by atoms with van der Waals surface area (Å²) in [5, 5.41) is 36.5. The lowest BCUT2D eigenvalue weighted by atomic mass is 9.98. The molecule has 42 heavy (non-hydrogen) atoms. The van der Waals surface area contributed by atoms with Crippen LogP contribution in [-0.4, -0.2) is 134 Å². The van der Waals surface area contributed by atoms with Gasteiger partial charge in [-0.3, -0.25) is 9.98 Å². The molecular formula is C26H42IN5O6S4. The Morgan fingerprint density at radius 2 is 1.76 bits per heavy atom. The summed E-state index contributed by atoms with van der Waals surface area (Å²) in [6, 6.07) is 0.182. The van der Waals surface area contributed by atoms with Gasteiger partial charge in [0.25, 0.3) is 0 Å². The predicted molar refractivity (Wildman–Crippen MR) is 180 cm³/mol. The number of aliphatic imine (C=N–C) groups is 2. The molecule has 238 valence electrons. The van der Waals surface area contributed by atoms with Crippen molar-refractivity contribution in [3.8, 4) is 0 Å². The number of halogens is 1. The lowest BCUT2D eigenvalue weighted by Gasteiger charge is -2.45. The minimum atomic E-state index is -0.973. The van der Waals surface area contributed by atoms with Crippen molar-refractivity contribution in [1.29, 1.82) is 0 Å². The Labute approximate surface area is 276 Å². The highest BCUT2D eigenvalue weighted by atomic mass is 127. The van der Waals surface area contributed by atoms with Crippen molar-refractivity contribution in [2.75, 3.05) is 39.3 Å². The molecule has 0 aromatic rings. The average molecular weight is 776 g/mol. The lowest BCUT2D eigenvalue weighted by Crippen LogP contribution is -2.58. The van der Waals surface area contributed by atoms with E-state index >= 15 is 0 Å². The fourth-order valence-electron chi connectivity index (χ4n) is 6.24. The van der Waals surface area contributed by atoms with Gasteiger partial charge in [0.05, 0.1) is 28.0 Å². The van der Waals surface area contributed by atoms with Gasteiger partial charge in [-0.05, 0) is 36.0 Å². The van der Waals surface area contributed by atoms with Crippen LogP contribution in [0.15, 0.2) is 9.98 Å². The van der Waals surface area contributed by atoms with E-state index in [2.05, 4.69) is 27.0 Å². The van der Waals surface area contributed by atoms with E-state index in [9.17, 15) is 15.3 Å². The van der Waals surface area contributed by atoms with Crippen molar-refractivity contribution in [3.05, 3.63) is 0 Å². The van der Waals surface area contributed by atoms with E-state index in [-0.39, 0.29) is 35.7 Å². The van der Waals surface area contributed by atoms with E-state index in [4.69, 9.17) is 18.6 Å². The highest BCUT2D eigenvalue weighted by molar-refractivity contribution is 14.2. The van der Waals surface area contributed by atoms with Crippen LogP contribution in [0.25, 0.3) is 0 Å². The molecule has 1 aliphatic carbocycles. The average Bonchev–Trinajstić information content (AvgIpc) is 3.61. The Bertz CT molecular complexity index is 975. The summed E-state index contributed by atoms with van der Waals surface area (Å²) in [6.45, 7) is 7.55. The second-order valence-electron chi connectivity index (χ2n) is 12.1. The van der Waals surface area contributed by atoms with Crippen molar-refractivity contribution in [2.24, 2.45) is 15.9 Å².